The number of rotatable bonds is 8. The van der Waals surface area contributed by atoms with Gasteiger partial charge in [-0.1, -0.05) is 13.0 Å². The number of aliphatic hydroxyl groups excluding tert-OH is 1. The number of aliphatic hydroxyl groups is 1. The fourth-order valence-electron chi connectivity index (χ4n) is 4.01. The van der Waals surface area contributed by atoms with E-state index in [4.69, 9.17) is 9.47 Å². The Kier molecular flexibility index (Phi) is 7.24. The molecule has 0 unspecified atom stereocenters. The highest BCUT2D eigenvalue weighted by molar-refractivity contribution is 7.10. The van der Waals surface area contributed by atoms with Crippen LogP contribution in [-0.2, 0) is 14.3 Å². The second-order valence-corrected chi connectivity index (χ2v) is 8.81. The first-order chi connectivity index (χ1) is 15.6. The number of carbonyl (C=O) groups excluding carboxylic acids is 2. The zero-order valence-electron chi connectivity index (χ0n) is 18.2. The van der Waals surface area contributed by atoms with Crippen molar-refractivity contribution in [2.75, 3.05) is 46.0 Å². The van der Waals surface area contributed by atoms with Crippen molar-refractivity contribution in [3.05, 3.63) is 57.8 Å². The van der Waals surface area contributed by atoms with Crippen molar-refractivity contribution in [3.8, 4) is 5.75 Å². The molecule has 0 saturated carbocycles. The molecule has 2 saturated heterocycles. The molecule has 2 aromatic rings. The first-order valence-electron chi connectivity index (χ1n) is 10.9. The Morgan fingerprint density at radius 1 is 1.16 bits per heavy atom. The standard InChI is InChI=1S/C24H28N2O5S/c1-2-13-31-18-7-5-17(6-8-18)22(27)20-21(19-4-3-16-32-19)26(24(29)23(20)28)10-9-25-11-14-30-15-12-25/h3-8,16,21,27H,2,9-15H2,1H3/b22-20+/t21-/m0/s1. The summed E-state index contributed by atoms with van der Waals surface area (Å²) in [4.78, 5) is 30.7. The number of ketones is 1. The molecule has 1 N–H and O–H groups in total. The number of ether oxygens (including phenoxy) is 2. The molecule has 1 amide bonds. The van der Waals surface area contributed by atoms with Crippen LogP contribution < -0.4 is 4.74 Å². The van der Waals surface area contributed by atoms with E-state index in [1.165, 1.54) is 11.3 Å². The molecule has 32 heavy (non-hydrogen) atoms. The lowest BCUT2D eigenvalue weighted by molar-refractivity contribution is -0.140. The molecule has 7 nitrogen and oxygen atoms in total. The van der Waals surface area contributed by atoms with Crippen molar-refractivity contribution in [2.24, 2.45) is 0 Å². The maximum atomic E-state index is 13.0. The normalized spacial score (nSPS) is 21.3. The Morgan fingerprint density at radius 3 is 2.56 bits per heavy atom. The highest BCUT2D eigenvalue weighted by Crippen LogP contribution is 2.41. The SMILES string of the molecule is CCCOc1ccc(/C(O)=C2\C(=O)C(=O)N(CCN3CCOCC3)[C@H]2c2cccs2)cc1. The fraction of sp³-hybridized carbons (Fsp3) is 0.417. The van der Waals surface area contributed by atoms with Crippen molar-refractivity contribution in [2.45, 2.75) is 19.4 Å². The molecule has 1 atom stereocenters. The summed E-state index contributed by atoms with van der Waals surface area (Å²) in [6, 6.07) is 10.2. The Labute approximate surface area is 191 Å². The van der Waals surface area contributed by atoms with Crippen molar-refractivity contribution in [3.63, 3.8) is 0 Å². The van der Waals surface area contributed by atoms with E-state index in [0.29, 0.717) is 44.2 Å². The van der Waals surface area contributed by atoms with Crippen LogP contribution in [0, 0.1) is 0 Å². The van der Waals surface area contributed by atoms with Crippen LogP contribution in [0.5, 0.6) is 5.75 Å². The summed E-state index contributed by atoms with van der Waals surface area (Å²) in [5.74, 6) is -0.669. The summed E-state index contributed by atoms with van der Waals surface area (Å²) in [7, 11) is 0. The number of hydrogen-bond acceptors (Lipinski definition) is 7. The highest BCUT2D eigenvalue weighted by Gasteiger charge is 2.46. The number of nitrogens with zero attached hydrogens (tertiary/aromatic N) is 2. The van der Waals surface area contributed by atoms with Gasteiger partial charge >= 0.3 is 0 Å². The van der Waals surface area contributed by atoms with E-state index in [2.05, 4.69) is 4.90 Å². The lowest BCUT2D eigenvalue weighted by atomic mass is 10.00. The Balaban J connectivity index is 1.63. The van der Waals surface area contributed by atoms with Gasteiger partial charge in [-0.15, -0.1) is 11.3 Å². The van der Waals surface area contributed by atoms with Crippen LogP contribution in [0.1, 0.15) is 29.8 Å². The first-order valence-corrected chi connectivity index (χ1v) is 11.8. The quantitative estimate of drug-likeness (QED) is 0.373. The molecule has 1 aromatic heterocycles. The van der Waals surface area contributed by atoms with E-state index in [1.807, 2.05) is 24.4 Å². The lowest BCUT2D eigenvalue weighted by Gasteiger charge is -2.30. The molecule has 0 bridgehead atoms. The van der Waals surface area contributed by atoms with Gasteiger partial charge in [0.2, 0.25) is 0 Å². The van der Waals surface area contributed by atoms with Crippen LogP contribution in [0.2, 0.25) is 0 Å². The topological polar surface area (TPSA) is 79.3 Å². The van der Waals surface area contributed by atoms with E-state index in [1.54, 1.807) is 29.2 Å². The van der Waals surface area contributed by atoms with Crippen molar-refractivity contribution in [1.82, 2.24) is 9.80 Å². The summed E-state index contributed by atoms with van der Waals surface area (Å²) in [6.45, 7) is 6.66. The van der Waals surface area contributed by atoms with Gasteiger partial charge < -0.3 is 19.5 Å². The van der Waals surface area contributed by atoms with Gasteiger partial charge in [-0.2, -0.15) is 0 Å². The van der Waals surface area contributed by atoms with Crippen LogP contribution >= 0.6 is 11.3 Å². The molecule has 3 heterocycles. The maximum absolute atomic E-state index is 13.0. The number of likely N-dealkylation sites (tertiary alicyclic amines) is 1. The monoisotopic (exact) mass is 456 g/mol. The third kappa shape index (κ3) is 4.72. The van der Waals surface area contributed by atoms with E-state index in [0.717, 1.165) is 24.4 Å². The summed E-state index contributed by atoms with van der Waals surface area (Å²) in [5, 5.41) is 13.0. The molecule has 4 rings (SSSR count). The van der Waals surface area contributed by atoms with E-state index in [-0.39, 0.29) is 11.3 Å². The Morgan fingerprint density at radius 2 is 1.91 bits per heavy atom. The van der Waals surface area contributed by atoms with Crippen molar-refractivity contribution < 1.29 is 24.2 Å². The average molecular weight is 457 g/mol. The van der Waals surface area contributed by atoms with E-state index < -0.39 is 17.7 Å². The van der Waals surface area contributed by atoms with E-state index in [9.17, 15) is 14.7 Å². The fourth-order valence-corrected chi connectivity index (χ4v) is 4.86. The zero-order valence-corrected chi connectivity index (χ0v) is 19.0. The van der Waals surface area contributed by atoms with Crippen molar-refractivity contribution in [1.29, 1.82) is 0 Å². The smallest absolute Gasteiger partial charge is 0.295 e. The molecule has 170 valence electrons. The van der Waals surface area contributed by atoms with Gasteiger partial charge in [0.05, 0.1) is 31.4 Å². The van der Waals surface area contributed by atoms with Crippen LogP contribution in [-0.4, -0.2) is 72.6 Å². The van der Waals surface area contributed by atoms with Crippen LogP contribution in [0.4, 0.5) is 0 Å². The Bertz CT molecular complexity index is 965. The van der Waals surface area contributed by atoms with Gasteiger partial charge in [0.1, 0.15) is 11.5 Å². The van der Waals surface area contributed by atoms with Gasteiger partial charge in [0, 0.05) is 36.6 Å². The number of carbonyl (C=O) groups is 2. The summed E-state index contributed by atoms with van der Waals surface area (Å²) in [5.41, 5.74) is 0.628. The number of benzene rings is 1. The van der Waals surface area contributed by atoms with Crippen LogP contribution in [0.3, 0.4) is 0 Å². The minimum Gasteiger partial charge on any atom is -0.507 e. The molecule has 0 spiro atoms. The van der Waals surface area contributed by atoms with E-state index >= 15 is 0 Å². The molecule has 1 aromatic carbocycles. The largest absolute Gasteiger partial charge is 0.507 e. The predicted octanol–water partition coefficient (Wildman–Crippen LogP) is 3.29. The second kappa shape index (κ2) is 10.3. The molecule has 8 heteroatoms. The number of thiophene rings is 1. The van der Waals surface area contributed by atoms with Crippen molar-refractivity contribution >= 4 is 28.8 Å². The second-order valence-electron chi connectivity index (χ2n) is 7.83. The zero-order chi connectivity index (χ0) is 22.5. The molecular formula is C24H28N2O5S. The molecule has 0 radical (unpaired) electrons. The highest BCUT2D eigenvalue weighted by atomic mass is 32.1. The molecule has 2 aliphatic rings. The van der Waals surface area contributed by atoms with Gasteiger partial charge in [0.15, 0.2) is 0 Å². The molecule has 0 aliphatic carbocycles. The maximum Gasteiger partial charge on any atom is 0.295 e. The predicted molar refractivity (Wildman–Crippen MR) is 123 cm³/mol. The summed E-state index contributed by atoms with van der Waals surface area (Å²) >= 11 is 1.47. The van der Waals surface area contributed by atoms with Crippen LogP contribution in [0.25, 0.3) is 5.76 Å². The van der Waals surface area contributed by atoms with Gasteiger partial charge in [-0.05, 0) is 42.1 Å². The minimum absolute atomic E-state index is 0.140. The van der Waals surface area contributed by atoms with Gasteiger partial charge in [0.25, 0.3) is 11.7 Å². The third-order valence-corrected chi connectivity index (χ3v) is 6.64. The number of morpholine rings is 1. The number of Topliss-reactive ketones (excluding diaryl/α,β-unsaturated/α-hetero) is 1. The van der Waals surface area contributed by atoms with Crippen LogP contribution in [0.15, 0.2) is 47.4 Å². The lowest BCUT2D eigenvalue weighted by Crippen LogP contribution is -2.42. The average Bonchev–Trinajstić information content (AvgIpc) is 3.44. The first kappa shape index (κ1) is 22.5. The summed E-state index contributed by atoms with van der Waals surface area (Å²) < 4.78 is 11.0. The van der Waals surface area contributed by atoms with Gasteiger partial charge in [-0.25, -0.2) is 0 Å². The van der Waals surface area contributed by atoms with Gasteiger partial charge in [-0.3, -0.25) is 14.5 Å². The minimum atomic E-state index is -0.644. The molecule has 2 aliphatic heterocycles. The number of amides is 1. The molecular weight excluding hydrogens is 428 g/mol. The number of hydrogen-bond donors (Lipinski definition) is 1. The Hall–Kier alpha value is -2.68. The third-order valence-electron chi connectivity index (χ3n) is 5.71. The summed E-state index contributed by atoms with van der Waals surface area (Å²) in [6.07, 6.45) is 0.899. The molecule has 2 fully saturated rings.